The van der Waals surface area contributed by atoms with Gasteiger partial charge in [0.1, 0.15) is 5.01 Å². The van der Waals surface area contributed by atoms with E-state index in [2.05, 4.69) is 44.1 Å². The predicted molar refractivity (Wildman–Crippen MR) is 102 cm³/mol. The summed E-state index contributed by atoms with van der Waals surface area (Å²) in [5.41, 5.74) is 1.06. The van der Waals surface area contributed by atoms with Crippen LogP contribution < -0.4 is 5.32 Å². The van der Waals surface area contributed by atoms with Gasteiger partial charge in [-0.05, 0) is 26.3 Å². The standard InChI is InChI=1S/C15H18N6OS3/c1-4-12-17-19-14(25-12)16-11(22)8-24-15-20-18-13(21(15)5-2)10-6-9(3)23-7-10/h6-7H,4-5,8H2,1-3H3,(H,16,19,22). The van der Waals surface area contributed by atoms with Gasteiger partial charge in [-0.25, -0.2) is 0 Å². The number of aryl methyl sites for hydroxylation is 2. The molecule has 132 valence electrons. The summed E-state index contributed by atoms with van der Waals surface area (Å²) in [7, 11) is 0. The molecule has 0 aromatic carbocycles. The lowest BCUT2D eigenvalue weighted by Gasteiger charge is -2.06. The summed E-state index contributed by atoms with van der Waals surface area (Å²) in [6.45, 7) is 6.87. The number of hydrogen-bond acceptors (Lipinski definition) is 8. The molecular weight excluding hydrogens is 376 g/mol. The van der Waals surface area contributed by atoms with Gasteiger partial charge < -0.3 is 4.57 Å². The van der Waals surface area contributed by atoms with Crippen LogP contribution in [0, 0.1) is 6.92 Å². The first kappa shape index (κ1) is 18.0. The van der Waals surface area contributed by atoms with E-state index >= 15 is 0 Å². The first-order valence-corrected chi connectivity index (χ1v) is 10.5. The van der Waals surface area contributed by atoms with Crippen LogP contribution in [0.1, 0.15) is 23.7 Å². The normalized spacial score (nSPS) is 11.0. The summed E-state index contributed by atoms with van der Waals surface area (Å²) in [5.74, 6) is 0.968. The average molecular weight is 395 g/mol. The molecule has 0 saturated carbocycles. The number of anilines is 1. The monoisotopic (exact) mass is 394 g/mol. The van der Waals surface area contributed by atoms with Crippen molar-refractivity contribution in [1.82, 2.24) is 25.0 Å². The Morgan fingerprint density at radius 1 is 1.28 bits per heavy atom. The second-order valence-electron chi connectivity index (χ2n) is 5.19. The van der Waals surface area contributed by atoms with Crippen molar-refractivity contribution in [2.45, 2.75) is 38.9 Å². The SMILES string of the molecule is CCc1nnc(NC(=O)CSc2nnc(-c3csc(C)c3)n2CC)s1. The Morgan fingerprint density at radius 2 is 2.12 bits per heavy atom. The molecule has 3 heterocycles. The summed E-state index contributed by atoms with van der Waals surface area (Å²) in [6, 6.07) is 2.10. The maximum Gasteiger partial charge on any atom is 0.236 e. The van der Waals surface area contributed by atoms with E-state index in [1.165, 1.54) is 28.0 Å². The summed E-state index contributed by atoms with van der Waals surface area (Å²) in [6.07, 6.45) is 0.812. The lowest BCUT2D eigenvalue weighted by atomic mass is 10.3. The van der Waals surface area contributed by atoms with Crippen molar-refractivity contribution in [3.05, 3.63) is 21.3 Å². The molecule has 0 saturated heterocycles. The number of carbonyl (C=O) groups is 1. The highest BCUT2D eigenvalue weighted by atomic mass is 32.2. The van der Waals surface area contributed by atoms with Gasteiger partial charge in [0.2, 0.25) is 11.0 Å². The van der Waals surface area contributed by atoms with Crippen molar-refractivity contribution in [3.63, 3.8) is 0 Å². The van der Waals surface area contributed by atoms with E-state index in [9.17, 15) is 4.79 Å². The Kier molecular flexibility index (Phi) is 5.82. The first-order chi connectivity index (χ1) is 12.1. The number of thioether (sulfide) groups is 1. The lowest BCUT2D eigenvalue weighted by Crippen LogP contribution is -2.14. The molecule has 0 unspecified atom stereocenters. The van der Waals surface area contributed by atoms with Gasteiger partial charge in [0.25, 0.3) is 0 Å². The highest BCUT2D eigenvalue weighted by molar-refractivity contribution is 7.99. The van der Waals surface area contributed by atoms with Crippen molar-refractivity contribution in [2.75, 3.05) is 11.1 Å². The van der Waals surface area contributed by atoms with Gasteiger partial charge in [-0.2, -0.15) is 0 Å². The van der Waals surface area contributed by atoms with Crippen LogP contribution in [-0.4, -0.2) is 36.6 Å². The third-order valence-corrected chi connectivity index (χ3v) is 6.18. The minimum Gasteiger partial charge on any atom is -0.302 e. The molecule has 3 aromatic rings. The molecule has 0 aliphatic rings. The van der Waals surface area contributed by atoms with Gasteiger partial charge in [0.05, 0.1) is 5.75 Å². The molecule has 25 heavy (non-hydrogen) atoms. The molecule has 3 aromatic heterocycles. The fourth-order valence-corrected chi connectivity index (χ4v) is 4.37. The van der Waals surface area contributed by atoms with E-state index in [-0.39, 0.29) is 11.7 Å². The summed E-state index contributed by atoms with van der Waals surface area (Å²) in [5, 5.41) is 23.5. The third kappa shape index (κ3) is 4.25. The quantitative estimate of drug-likeness (QED) is 0.618. The third-order valence-electron chi connectivity index (χ3n) is 3.37. The molecule has 10 heteroatoms. The van der Waals surface area contributed by atoms with Crippen LogP contribution in [0.5, 0.6) is 0 Å². The Bertz CT molecular complexity index is 868. The molecule has 0 radical (unpaired) electrons. The second kappa shape index (κ2) is 8.07. The largest absolute Gasteiger partial charge is 0.302 e. The van der Waals surface area contributed by atoms with Crippen molar-refractivity contribution in [1.29, 1.82) is 0 Å². The second-order valence-corrected chi connectivity index (χ2v) is 8.31. The average Bonchev–Trinajstić information content (AvgIpc) is 3.31. The van der Waals surface area contributed by atoms with Gasteiger partial charge >= 0.3 is 0 Å². The van der Waals surface area contributed by atoms with Crippen LogP contribution in [-0.2, 0) is 17.8 Å². The molecule has 0 aliphatic heterocycles. The van der Waals surface area contributed by atoms with Crippen LogP contribution in [0.25, 0.3) is 11.4 Å². The molecule has 0 fully saturated rings. The zero-order valence-electron chi connectivity index (χ0n) is 14.1. The number of rotatable bonds is 7. The molecular formula is C15H18N6OS3. The molecule has 1 N–H and O–H groups in total. The zero-order chi connectivity index (χ0) is 17.8. The number of amides is 1. The number of carbonyl (C=O) groups excluding carboxylic acids is 1. The van der Waals surface area contributed by atoms with Crippen molar-refractivity contribution < 1.29 is 4.79 Å². The first-order valence-electron chi connectivity index (χ1n) is 7.84. The van der Waals surface area contributed by atoms with E-state index < -0.39 is 0 Å². The van der Waals surface area contributed by atoms with Crippen LogP contribution in [0.15, 0.2) is 16.6 Å². The predicted octanol–water partition coefficient (Wildman–Crippen LogP) is 3.48. The lowest BCUT2D eigenvalue weighted by molar-refractivity contribution is -0.113. The van der Waals surface area contributed by atoms with Crippen LogP contribution in [0.2, 0.25) is 0 Å². The highest BCUT2D eigenvalue weighted by Gasteiger charge is 2.16. The number of nitrogens with zero attached hydrogens (tertiary/aromatic N) is 5. The molecule has 0 atom stereocenters. The summed E-state index contributed by atoms with van der Waals surface area (Å²) in [4.78, 5) is 13.3. The fourth-order valence-electron chi connectivity index (χ4n) is 2.19. The van der Waals surface area contributed by atoms with Gasteiger partial charge in [0.15, 0.2) is 11.0 Å². The van der Waals surface area contributed by atoms with Gasteiger partial charge in [-0.3, -0.25) is 10.1 Å². The Hall–Kier alpha value is -1.78. The maximum absolute atomic E-state index is 12.1. The smallest absolute Gasteiger partial charge is 0.236 e. The van der Waals surface area contributed by atoms with E-state index in [0.717, 1.165) is 34.5 Å². The van der Waals surface area contributed by atoms with Crippen LogP contribution in [0.4, 0.5) is 5.13 Å². The maximum atomic E-state index is 12.1. The van der Waals surface area contributed by atoms with E-state index in [1.54, 1.807) is 11.3 Å². The van der Waals surface area contributed by atoms with Gasteiger partial charge in [-0.1, -0.05) is 30.0 Å². The zero-order valence-corrected chi connectivity index (χ0v) is 16.6. The van der Waals surface area contributed by atoms with Crippen molar-refractivity contribution in [2.24, 2.45) is 0 Å². The van der Waals surface area contributed by atoms with Gasteiger partial charge in [-0.15, -0.1) is 31.7 Å². The Morgan fingerprint density at radius 3 is 2.76 bits per heavy atom. The summed E-state index contributed by atoms with van der Waals surface area (Å²) < 4.78 is 2.03. The van der Waals surface area contributed by atoms with Gasteiger partial charge in [0, 0.05) is 22.4 Å². The Labute approximate surface area is 157 Å². The minimum atomic E-state index is -0.123. The highest BCUT2D eigenvalue weighted by Crippen LogP contribution is 2.27. The number of thiophene rings is 1. The minimum absolute atomic E-state index is 0.123. The Balaban J connectivity index is 1.64. The van der Waals surface area contributed by atoms with E-state index in [4.69, 9.17) is 0 Å². The molecule has 1 amide bonds. The van der Waals surface area contributed by atoms with Crippen molar-refractivity contribution in [3.8, 4) is 11.4 Å². The molecule has 0 aliphatic carbocycles. The number of aromatic nitrogens is 5. The van der Waals surface area contributed by atoms with Crippen molar-refractivity contribution >= 4 is 45.5 Å². The molecule has 0 bridgehead atoms. The number of nitrogens with one attached hydrogen (secondary N) is 1. The van der Waals surface area contributed by atoms with Crippen LogP contribution >= 0.6 is 34.4 Å². The summed E-state index contributed by atoms with van der Waals surface area (Å²) >= 11 is 4.46. The van der Waals surface area contributed by atoms with E-state index in [1.807, 2.05) is 18.4 Å². The van der Waals surface area contributed by atoms with Crippen LogP contribution in [0.3, 0.4) is 0 Å². The van der Waals surface area contributed by atoms with E-state index in [0.29, 0.717) is 5.13 Å². The fraction of sp³-hybridized carbons (Fsp3) is 0.400. The number of hydrogen-bond donors (Lipinski definition) is 1. The topological polar surface area (TPSA) is 85.6 Å². The molecule has 7 nitrogen and oxygen atoms in total. The molecule has 0 spiro atoms. The molecule has 3 rings (SSSR count).